The maximum Gasteiger partial charge on any atom is 0.264 e. The molecule has 1 atom stereocenters. The SMILES string of the molecule is CCC(C(=O)NC)N(Cc1cccc(OC)c1)C(=O)CN(c1ccccc1OC)S(=O)(=O)c1ccc(C)cc1. The number of para-hydroxylation sites is 2. The van der Waals surface area contributed by atoms with Gasteiger partial charge in [0, 0.05) is 13.6 Å². The van der Waals surface area contributed by atoms with Crippen LogP contribution in [0.2, 0.25) is 0 Å². The molecule has 0 spiro atoms. The topological polar surface area (TPSA) is 105 Å². The van der Waals surface area contributed by atoms with Crippen molar-refractivity contribution in [2.75, 3.05) is 32.1 Å². The fourth-order valence-corrected chi connectivity index (χ4v) is 5.66. The van der Waals surface area contributed by atoms with Crippen LogP contribution in [0, 0.1) is 6.92 Å². The fourth-order valence-electron chi connectivity index (χ4n) is 4.24. The molecule has 0 fully saturated rings. The highest BCUT2D eigenvalue weighted by Crippen LogP contribution is 2.32. The number of likely N-dealkylation sites (N-methyl/N-ethyl adjacent to an activating group) is 1. The minimum atomic E-state index is -4.19. The highest BCUT2D eigenvalue weighted by atomic mass is 32.2. The zero-order valence-electron chi connectivity index (χ0n) is 22.9. The molecular weight excluding hydrogens is 518 g/mol. The number of benzene rings is 3. The maximum atomic E-state index is 14.0. The van der Waals surface area contributed by atoms with Crippen molar-refractivity contribution in [1.82, 2.24) is 10.2 Å². The van der Waals surface area contributed by atoms with Gasteiger partial charge in [-0.3, -0.25) is 13.9 Å². The van der Waals surface area contributed by atoms with Crippen molar-refractivity contribution in [3.63, 3.8) is 0 Å². The number of hydrogen-bond donors (Lipinski definition) is 1. The van der Waals surface area contributed by atoms with Gasteiger partial charge in [-0.05, 0) is 55.3 Å². The Balaban J connectivity index is 2.10. The lowest BCUT2D eigenvalue weighted by atomic mass is 10.1. The quantitative estimate of drug-likeness (QED) is 0.366. The number of aryl methyl sites for hydroxylation is 1. The van der Waals surface area contributed by atoms with Gasteiger partial charge < -0.3 is 19.7 Å². The Morgan fingerprint density at radius 3 is 2.26 bits per heavy atom. The Morgan fingerprint density at radius 1 is 0.949 bits per heavy atom. The van der Waals surface area contributed by atoms with E-state index in [4.69, 9.17) is 9.47 Å². The summed E-state index contributed by atoms with van der Waals surface area (Å²) < 4.78 is 39.7. The number of amides is 2. The molecule has 9 nitrogen and oxygen atoms in total. The first kappa shape index (κ1) is 29.5. The predicted octanol–water partition coefficient (Wildman–Crippen LogP) is 3.76. The molecule has 39 heavy (non-hydrogen) atoms. The van der Waals surface area contributed by atoms with E-state index in [1.54, 1.807) is 68.6 Å². The summed E-state index contributed by atoms with van der Waals surface area (Å²) in [6.45, 7) is 3.19. The van der Waals surface area contributed by atoms with Crippen LogP contribution in [0.1, 0.15) is 24.5 Å². The fraction of sp³-hybridized carbons (Fsp3) is 0.310. The third-order valence-corrected chi connectivity index (χ3v) is 8.14. The van der Waals surface area contributed by atoms with Gasteiger partial charge in [-0.15, -0.1) is 0 Å². The summed E-state index contributed by atoms with van der Waals surface area (Å²) in [5, 5.41) is 2.61. The van der Waals surface area contributed by atoms with Crippen molar-refractivity contribution < 1.29 is 27.5 Å². The molecule has 0 heterocycles. The average Bonchev–Trinajstić information content (AvgIpc) is 2.95. The first-order valence-electron chi connectivity index (χ1n) is 12.5. The molecule has 0 bridgehead atoms. The molecule has 0 saturated carbocycles. The summed E-state index contributed by atoms with van der Waals surface area (Å²) in [5.41, 5.74) is 1.84. The van der Waals surface area contributed by atoms with Crippen molar-refractivity contribution in [1.29, 1.82) is 0 Å². The third kappa shape index (κ3) is 6.88. The number of anilines is 1. The molecule has 0 saturated heterocycles. The van der Waals surface area contributed by atoms with Crippen LogP contribution in [-0.2, 0) is 26.2 Å². The van der Waals surface area contributed by atoms with Crippen LogP contribution < -0.4 is 19.1 Å². The number of ether oxygens (including phenoxy) is 2. The van der Waals surface area contributed by atoms with E-state index >= 15 is 0 Å². The van der Waals surface area contributed by atoms with Crippen molar-refractivity contribution in [3.05, 3.63) is 83.9 Å². The Kier molecular flexibility index (Phi) is 9.95. The second kappa shape index (κ2) is 13.1. The van der Waals surface area contributed by atoms with Crippen molar-refractivity contribution in [3.8, 4) is 11.5 Å². The first-order chi connectivity index (χ1) is 18.7. The lowest BCUT2D eigenvalue weighted by Crippen LogP contribution is -2.51. The van der Waals surface area contributed by atoms with E-state index in [1.807, 2.05) is 13.0 Å². The van der Waals surface area contributed by atoms with E-state index in [-0.39, 0.29) is 23.0 Å². The molecule has 0 aliphatic rings. The second-order valence-electron chi connectivity index (χ2n) is 8.91. The Labute approximate surface area is 230 Å². The normalized spacial score (nSPS) is 11.8. The summed E-state index contributed by atoms with van der Waals surface area (Å²) in [7, 11) is 0.293. The monoisotopic (exact) mass is 553 g/mol. The molecule has 3 aromatic carbocycles. The van der Waals surface area contributed by atoms with Gasteiger partial charge in [-0.25, -0.2) is 8.42 Å². The van der Waals surface area contributed by atoms with Gasteiger partial charge in [-0.1, -0.05) is 48.9 Å². The number of nitrogens with one attached hydrogen (secondary N) is 1. The second-order valence-corrected chi connectivity index (χ2v) is 10.8. The van der Waals surface area contributed by atoms with Crippen LogP contribution in [-0.4, -0.2) is 59.0 Å². The third-order valence-electron chi connectivity index (χ3n) is 6.36. The van der Waals surface area contributed by atoms with Crippen LogP contribution in [0.4, 0.5) is 5.69 Å². The molecule has 0 radical (unpaired) electrons. The average molecular weight is 554 g/mol. The number of methoxy groups -OCH3 is 2. The van der Waals surface area contributed by atoms with Gasteiger partial charge >= 0.3 is 0 Å². The molecular formula is C29H35N3O6S. The minimum Gasteiger partial charge on any atom is -0.497 e. The van der Waals surface area contributed by atoms with E-state index < -0.39 is 28.5 Å². The van der Waals surface area contributed by atoms with Gasteiger partial charge in [-0.2, -0.15) is 0 Å². The van der Waals surface area contributed by atoms with E-state index in [2.05, 4.69) is 5.32 Å². The van der Waals surface area contributed by atoms with E-state index in [1.165, 1.54) is 31.2 Å². The van der Waals surface area contributed by atoms with Crippen LogP contribution in [0.25, 0.3) is 0 Å². The minimum absolute atomic E-state index is 0.0319. The molecule has 2 amide bonds. The number of carbonyl (C=O) groups is 2. The van der Waals surface area contributed by atoms with Gasteiger partial charge in [0.2, 0.25) is 11.8 Å². The van der Waals surface area contributed by atoms with Gasteiger partial charge in [0.1, 0.15) is 24.1 Å². The molecule has 0 aliphatic heterocycles. The largest absolute Gasteiger partial charge is 0.497 e. The zero-order chi connectivity index (χ0) is 28.6. The van der Waals surface area contributed by atoms with Crippen LogP contribution >= 0.6 is 0 Å². The summed E-state index contributed by atoms with van der Waals surface area (Å²) in [5.74, 6) is -0.00185. The number of hydrogen-bond acceptors (Lipinski definition) is 6. The number of rotatable bonds is 12. The lowest BCUT2D eigenvalue weighted by Gasteiger charge is -2.33. The van der Waals surface area contributed by atoms with Gasteiger partial charge in [0.05, 0.1) is 24.8 Å². The van der Waals surface area contributed by atoms with E-state index in [0.717, 1.165) is 15.4 Å². The lowest BCUT2D eigenvalue weighted by molar-refractivity contribution is -0.140. The Bertz CT molecular complexity index is 1390. The molecule has 208 valence electrons. The smallest absolute Gasteiger partial charge is 0.264 e. The van der Waals surface area contributed by atoms with E-state index in [0.29, 0.717) is 17.9 Å². The number of sulfonamides is 1. The zero-order valence-corrected chi connectivity index (χ0v) is 23.7. The van der Waals surface area contributed by atoms with Crippen LogP contribution in [0.5, 0.6) is 11.5 Å². The predicted molar refractivity (Wildman–Crippen MR) is 150 cm³/mol. The van der Waals surface area contributed by atoms with Crippen molar-refractivity contribution in [2.45, 2.75) is 37.8 Å². The van der Waals surface area contributed by atoms with E-state index in [9.17, 15) is 18.0 Å². The maximum absolute atomic E-state index is 14.0. The highest BCUT2D eigenvalue weighted by Gasteiger charge is 2.34. The molecule has 0 aromatic heterocycles. The molecule has 1 unspecified atom stereocenters. The van der Waals surface area contributed by atoms with Crippen molar-refractivity contribution in [2.24, 2.45) is 0 Å². The van der Waals surface area contributed by atoms with Crippen LogP contribution in [0.15, 0.2) is 77.7 Å². The Morgan fingerprint density at radius 2 is 1.64 bits per heavy atom. The molecule has 10 heteroatoms. The summed E-state index contributed by atoms with van der Waals surface area (Å²) in [4.78, 5) is 28.3. The summed E-state index contributed by atoms with van der Waals surface area (Å²) in [6, 6.07) is 19.4. The van der Waals surface area contributed by atoms with Gasteiger partial charge in [0.15, 0.2) is 0 Å². The highest BCUT2D eigenvalue weighted by molar-refractivity contribution is 7.92. The molecule has 3 aromatic rings. The molecule has 3 rings (SSSR count). The summed E-state index contributed by atoms with van der Waals surface area (Å²) >= 11 is 0. The van der Waals surface area contributed by atoms with Gasteiger partial charge in [0.25, 0.3) is 10.0 Å². The molecule has 0 aliphatic carbocycles. The van der Waals surface area contributed by atoms with Crippen molar-refractivity contribution >= 4 is 27.5 Å². The Hall–Kier alpha value is -4.05. The standard InChI is InChI=1S/C29H35N3O6S/c1-6-25(29(34)30-3)31(19-22-10-9-11-23(18-22)37-4)28(33)20-32(26-12-7-8-13-27(26)38-5)39(35,36)24-16-14-21(2)15-17-24/h7-18,25H,6,19-20H2,1-5H3,(H,30,34). The number of carbonyl (C=O) groups excluding carboxylic acids is 2. The summed E-state index contributed by atoms with van der Waals surface area (Å²) in [6.07, 6.45) is 0.328. The number of nitrogens with zero attached hydrogens (tertiary/aromatic N) is 2. The molecule has 1 N–H and O–H groups in total. The first-order valence-corrected chi connectivity index (χ1v) is 14.0. The van der Waals surface area contributed by atoms with Crippen LogP contribution in [0.3, 0.4) is 0 Å².